The second-order valence-electron chi connectivity index (χ2n) is 8.86. The second kappa shape index (κ2) is 11.6. The Labute approximate surface area is 210 Å². The Morgan fingerprint density at radius 3 is 2.19 bits per heavy atom. The van der Waals surface area contributed by atoms with Crippen molar-refractivity contribution in [3.8, 4) is 16.9 Å². The number of para-hydroxylation sites is 2. The zero-order chi connectivity index (χ0) is 25.4. The predicted molar refractivity (Wildman–Crippen MR) is 140 cm³/mol. The van der Waals surface area contributed by atoms with Crippen LogP contribution in [0.4, 0.5) is 16.2 Å². The normalized spacial score (nSPS) is 14.5. The van der Waals surface area contributed by atoms with Crippen LogP contribution in [0.25, 0.3) is 11.1 Å². The first-order chi connectivity index (χ1) is 17.5. The van der Waals surface area contributed by atoms with Crippen molar-refractivity contribution in [2.24, 2.45) is 5.41 Å². The molecule has 186 valence electrons. The molecule has 0 aliphatic carbocycles. The zero-order valence-corrected chi connectivity index (χ0v) is 20.3. The van der Waals surface area contributed by atoms with Crippen LogP contribution in [-0.2, 0) is 9.53 Å². The highest BCUT2D eigenvalue weighted by atomic mass is 16.5. The van der Waals surface area contributed by atoms with Crippen LogP contribution in [0, 0.1) is 5.41 Å². The molecule has 7 nitrogen and oxygen atoms in total. The summed E-state index contributed by atoms with van der Waals surface area (Å²) in [5.41, 5.74) is 3.12. The van der Waals surface area contributed by atoms with E-state index in [1.807, 2.05) is 55.5 Å². The molecule has 2 N–H and O–H groups in total. The molecule has 1 heterocycles. The van der Waals surface area contributed by atoms with Gasteiger partial charge in [-0.15, -0.1) is 0 Å². The minimum Gasteiger partial charge on any atom is -0.492 e. The third-order valence-electron chi connectivity index (χ3n) is 6.37. The summed E-state index contributed by atoms with van der Waals surface area (Å²) in [6.45, 7) is 3.42. The Bertz CT molecular complexity index is 1200. The molecule has 1 saturated heterocycles. The van der Waals surface area contributed by atoms with Crippen molar-refractivity contribution >= 4 is 29.5 Å². The summed E-state index contributed by atoms with van der Waals surface area (Å²) in [5, 5.41) is 5.63. The van der Waals surface area contributed by atoms with E-state index >= 15 is 0 Å². The number of urea groups is 1. The monoisotopic (exact) mass is 486 g/mol. The molecule has 4 rings (SSSR count). The van der Waals surface area contributed by atoms with Gasteiger partial charge >= 0.3 is 6.03 Å². The molecule has 0 saturated carbocycles. The van der Waals surface area contributed by atoms with Crippen LogP contribution in [0.2, 0.25) is 0 Å². The maximum absolute atomic E-state index is 12.8. The van der Waals surface area contributed by atoms with E-state index in [1.54, 1.807) is 24.3 Å². The third kappa shape index (κ3) is 6.17. The predicted octanol–water partition coefficient (Wildman–Crippen LogP) is 5.96. The fourth-order valence-corrected chi connectivity index (χ4v) is 4.27. The van der Waals surface area contributed by atoms with Gasteiger partial charge in [0.25, 0.3) is 0 Å². The lowest BCUT2D eigenvalue weighted by atomic mass is 9.76. The Balaban J connectivity index is 1.36. The van der Waals surface area contributed by atoms with Crippen LogP contribution >= 0.6 is 0 Å². The second-order valence-corrected chi connectivity index (χ2v) is 8.86. The highest BCUT2D eigenvalue weighted by Gasteiger charge is 2.34. The number of carbonyl (C=O) groups excluding carboxylic acids is 3. The van der Waals surface area contributed by atoms with Crippen molar-refractivity contribution in [1.29, 1.82) is 0 Å². The Morgan fingerprint density at radius 2 is 1.56 bits per heavy atom. The van der Waals surface area contributed by atoms with Crippen LogP contribution < -0.4 is 15.4 Å². The summed E-state index contributed by atoms with van der Waals surface area (Å²) >= 11 is 0. The standard InChI is InChI=1S/C29H30N2O5/c1-2-36-27-6-4-3-5-25(27)31-28(34)30-24-13-11-22(12-14-24)21-7-9-23(10-8-21)26(33)19-29(20-32)15-17-35-18-16-29/h3-14,20H,2,15-19H2,1H3,(H2,30,31,34). The van der Waals surface area contributed by atoms with E-state index in [9.17, 15) is 14.4 Å². The van der Waals surface area contributed by atoms with Gasteiger partial charge in [-0.1, -0.05) is 48.5 Å². The number of carbonyl (C=O) groups is 3. The molecule has 1 aliphatic rings. The van der Waals surface area contributed by atoms with Crippen LogP contribution in [0.15, 0.2) is 72.8 Å². The molecule has 2 amide bonds. The van der Waals surface area contributed by atoms with Crippen molar-refractivity contribution < 1.29 is 23.9 Å². The highest BCUT2D eigenvalue weighted by Crippen LogP contribution is 2.33. The molecular formula is C29H30N2O5. The van der Waals surface area contributed by atoms with E-state index in [-0.39, 0.29) is 18.2 Å². The van der Waals surface area contributed by atoms with Gasteiger partial charge in [0.15, 0.2) is 5.78 Å². The maximum Gasteiger partial charge on any atom is 0.323 e. The molecule has 1 fully saturated rings. The molecule has 7 heteroatoms. The van der Waals surface area contributed by atoms with Gasteiger partial charge in [-0.2, -0.15) is 0 Å². The van der Waals surface area contributed by atoms with Gasteiger partial charge in [0.05, 0.1) is 12.3 Å². The molecule has 3 aromatic rings. The first-order valence-electron chi connectivity index (χ1n) is 12.1. The number of amides is 2. The number of hydrogen-bond acceptors (Lipinski definition) is 5. The number of nitrogens with one attached hydrogen (secondary N) is 2. The largest absolute Gasteiger partial charge is 0.492 e. The van der Waals surface area contributed by atoms with Gasteiger partial charge < -0.3 is 24.9 Å². The van der Waals surface area contributed by atoms with Gasteiger partial charge in [0.2, 0.25) is 0 Å². The van der Waals surface area contributed by atoms with Crippen LogP contribution in [0.3, 0.4) is 0 Å². The number of hydrogen-bond donors (Lipinski definition) is 2. The number of aldehydes is 1. The summed E-state index contributed by atoms with van der Waals surface area (Å²) < 4.78 is 10.9. The topological polar surface area (TPSA) is 93.7 Å². The molecule has 0 atom stereocenters. The van der Waals surface area contributed by atoms with Crippen LogP contribution in [0.5, 0.6) is 5.75 Å². The molecule has 0 radical (unpaired) electrons. The molecule has 0 spiro atoms. The van der Waals surface area contributed by atoms with Gasteiger partial charge in [0, 0.05) is 36.3 Å². The van der Waals surface area contributed by atoms with Gasteiger partial charge in [-0.25, -0.2) is 4.79 Å². The smallest absolute Gasteiger partial charge is 0.323 e. The van der Waals surface area contributed by atoms with Crippen molar-refractivity contribution in [3.63, 3.8) is 0 Å². The summed E-state index contributed by atoms with van der Waals surface area (Å²) in [4.78, 5) is 36.9. The SMILES string of the molecule is CCOc1ccccc1NC(=O)Nc1ccc(-c2ccc(C(=O)CC3(C=O)CCOCC3)cc2)cc1. The first-order valence-corrected chi connectivity index (χ1v) is 12.1. The lowest BCUT2D eigenvalue weighted by molar-refractivity contribution is -0.121. The summed E-state index contributed by atoms with van der Waals surface area (Å²) in [5.74, 6) is 0.577. The summed E-state index contributed by atoms with van der Waals surface area (Å²) in [7, 11) is 0. The zero-order valence-electron chi connectivity index (χ0n) is 20.3. The highest BCUT2D eigenvalue weighted by molar-refractivity contribution is 6.01. The number of ketones is 1. The quantitative estimate of drug-likeness (QED) is 0.287. The molecule has 0 unspecified atom stereocenters. The lowest BCUT2D eigenvalue weighted by Gasteiger charge is -2.31. The van der Waals surface area contributed by atoms with E-state index in [1.165, 1.54) is 0 Å². The molecular weight excluding hydrogens is 456 g/mol. The lowest BCUT2D eigenvalue weighted by Crippen LogP contribution is -2.33. The molecule has 3 aromatic carbocycles. The number of ether oxygens (including phenoxy) is 2. The minimum absolute atomic E-state index is 0.0352. The number of rotatable bonds is 9. The van der Waals surface area contributed by atoms with Gasteiger partial charge in [0.1, 0.15) is 12.0 Å². The third-order valence-corrected chi connectivity index (χ3v) is 6.37. The molecule has 1 aliphatic heterocycles. The van der Waals surface area contributed by atoms with Crippen molar-refractivity contribution in [3.05, 3.63) is 78.4 Å². The average Bonchev–Trinajstić information content (AvgIpc) is 2.91. The van der Waals surface area contributed by atoms with E-state index < -0.39 is 5.41 Å². The summed E-state index contributed by atoms with van der Waals surface area (Å²) in [6.07, 6.45) is 2.29. The maximum atomic E-state index is 12.8. The van der Waals surface area contributed by atoms with E-state index in [0.717, 1.165) is 17.4 Å². The van der Waals surface area contributed by atoms with Crippen molar-refractivity contribution in [1.82, 2.24) is 0 Å². The van der Waals surface area contributed by atoms with E-state index in [4.69, 9.17) is 9.47 Å². The van der Waals surface area contributed by atoms with Gasteiger partial charge in [-0.05, 0) is 55.2 Å². The van der Waals surface area contributed by atoms with Gasteiger partial charge in [-0.3, -0.25) is 4.79 Å². The van der Waals surface area contributed by atoms with E-state index in [2.05, 4.69) is 10.6 Å². The van der Waals surface area contributed by atoms with Crippen LogP contribution in [0.1, 0.15) is 36.5 Å². The Hall–Kier alpha value is -3.97. The number of benzene rings is 3. The minimum atomic E-state index is -0.617. The molecule has 0 bridgehead atoms. The molecule has 36 heavy (non-hydrogen) atoms. The summed E-state index contributed by atoms with van der Waals surface area (Å²) in [6, 6.07) is 21.7. The fraction of sp³-hybridized carbons (Fsp3) is 0.276. The fourth-order valence-electron chi connectivity index (χ4n) is 4.27. The number of anilines is 2. The Kier molecular flexibility index (Phi) is 8.13. The first kappa shape index (κ1) is 25.1. The Morgan fingerprint density at radius 1 is 0.917 bits per heavy atom. The van der Waals surface area contributed by atoms with Crippen LogP contribution in [-0.4, -0.2) is 37.9 Å². The van der Waals surface area contributed by atoms with E-state index in [0.29, 0.717) is 55.4 Å². The average molecular weight is 487 g/mol. The number of Topliss-reactive ketones (excluding diaryl/α,β-unsaturated/α-hetero) is 1. The molecule has 0 aromatic heterocycles. The van der Waals surface area contributed by atoms with Crippen molar-refractivity contribution in [2.45, 2.75) is 26.2 Å². The van der Waals surface area contributed by atoms with Crippen molar-refractivity contribution in [2.75, 3.05) is 30.5 Å².